The van der Waals surface area contributed by atoms with Crippen molar-refractivity contribution in [2.24, 2.45) is 11.7 Å². The fourth-order valence-electron chi connectivity index (χ4n) is 1.15. The van der Waals surface area contributed by atoms with Crippen LogP contribution in [0, 0.1) is 5.92 Å². The Morgan fingerprint density at radius 1 is 1.69 bits per heavy atom. The fraction of sp³-hybridized carbons (Fsp3) is 0.364. The van der Waals surface area contributed by atoms with Crippen LogP contribution in [0.1, 0.15) is 18.9 Å². The molecule has 4 nitrogen and oxygen atoms in total. The molecule has 86 valence electrons. The third kappa shape index (κ3) is 4.35. The van der Waals surface area contributed by atoms with Crippen LogP contribution in [0.3, 0.4) is 0 Å². The molecule has 0 saturated heterocycles. The Bertz CT molecular complexity index is 367. The van der Waals surface area contributed by atoms with Crippen molar-refractivity contribution in [1.82, 2.24) is 10.3 Å². The van der Waals surface area contributed by atoms with E-state index in [1.54, 1.807) is 12.4 Å². The van der Waals surface area contributed by atoms with Crippen LogP contribution in [0.15, 0.2) is 24.5 Å². The van der Waals surface area contributed by atoms with E-state index in [1.807, 2.05) is 19.1 Å². The minimum absolute atomic E-state index is 0.0517. The molecule has 0 bridgehead atoms. The van der Waals surface area contributed by atoms with Crippen molar-refractivity contribution < 1.29 is 4.79 Å². The lowest BCUT2D eigenvalue weighted by Gasteiger charge is -2.09. The van der Waals surface area contributed by atoms with E-state index >= 15 is 0 Å². The second-order valence-electron chi connectivity index (χ2n) is 3.65. The molecular weight excluding hydrogens is 222 g/mol. The average Bonchev–Trinajstić information content (AvgIpc) is 2.27. The van der Waals surface area contributed by atoms with Gasteiger partial charge in [0.1, 0.15) is 0 Å². The van der Waals surface area contributed by atoms with Gasteiger partial charge in [0, 0.05) is 31.3 Å². The largest absolute Gasteiger partial charge is 0.393 e. The van der Waals surface area contributed by atoms with E-state index in [4.69, 9.17) is 18.0 Å². The molecule has 5 heteroatoms. The quantitative estimate of drug-likeness (QED) is 0.750. The molecule has 16 heavy (non-hydrogen) atoms. The second kappa shape index (κ2) is 6.17. The fourth-order valence-corrected chi connectivity index (χ4v) is 1.24. The number of carbonyl (C=O) groups is 1. The van der Waals surface area contributed by atoms with E-state index in [9.17, 15) is 4.79 Å². The average molecular weight is 237 g/mol. The molecule has 0 aromatic carbocycles. The molecule has 0 aliphatic rings. The lowest BCUT2D eigenvalue weighted by Crippen LogP contribution is -2.28. The molecule has 1 aromatic heterocycles. The zero-order valence-electron chi connectivity index (χ0n) is 9.14. The van der Waals surface area contributed by atoms with Crippen LogP contribution in [0.5, 0.6) is 0 Å². The van der Waals surface area contributed by atoms with Crippen LogP contribution in [0.25, 0.3) is 0 Å². The Kier molecular flexibility index (Phi) is 4.85. The Labute approximate surface area is 100 Å². The Morgan fingerprint density at radius 3 is 3.00 bits per heavy atom. The first-order chi connectivity index (χ1) is 7.59. The molecule has 1 atom stereocenters. The molecule has 0 aliphatic carbocycles. The topological polar surface area (TPSA) is 68.0 Å². The Hall–Kier alpha value is -1.49. The van der Waals surface area contributed by atoms with Crippen LogP contribution >= 0.6 is 12.2 Å². The van der Waals surface area contributed by atoms with Crippen LogP contribution in [0.4, 0.5) is 0 Å². The molecule has 0 saturated carbocycles. The lowest BCUT2D eigenvalue weighted by molar-refractivity contribution is -0.121. The van der Waals surface area contributed by atoms with E-state index in [0.717, 1.165) is 5.56 Å². The van der Waals surface area contributed by atoms with E-state index in [-0.39, 0.29) is 11.8 Å². The van der Waals surface area contributed by atoms with Gasteiger partial charge < -0.3 is 11.1 Å². The lowest BCUT2D eigenvalue weighted by atomic mass is 10.1. The Morgan fingerprint density at radius 2 is 2.44 bits per heavy atom. The third-order valence-corrected chi connectivity index (χ3v) is 2.59. The summed E-state index contributed by atoms with van der Waals surface area (Å²) >= 11 is 4.80. The maximum atomic E-state index is 11.5. The summed E-state index contributed by atoms with van der Waals surface area (Å²) in [5.74, 6) is -0.118. The molecule has 1 amide bonds. The van der Waals surface area contributed by atoms with Crippen molar-refractivity contribution in [3.63, 3.8) is 0 Å². The van der Waals surface area contributed by atoms with Crippen molar-refractivity contribution in [2.75, 3.05) is 0 Å². The van der Waals surface area contributed by atoms with Gasteiger partial charge in [-0.2, -0.15) is 0 Å². The SMILES string of the molecule is CC(CC(=O)NCc1cccnc1)C(N)=S. The van der Waals surface area contributed by atoms with Gasteiger partial charge >= 0.3 is 0 Å². The maximum absolute atomic E-state index is 11.5. The molecule has 1 heterocycles. The van der Waals surface area contributed by atoms with Gasteiger partial charge in [0.05, 0.1) is 4.99 Å². The van der Waals surface area contributed by atoms with Gasteiger partial charge in [0.15, 0.2) is 0 Å². The van der Waals surface area contributed by atoms with Crippen molar-refractivity contribution in [2.45, 2.75) is 19.9 Å². The first-order valence-corrected chi connectivity index (χ1v) is 5.45. The van der Waals surface area contributed by atoms with Gasteiger partial charge in [-0.1, -0.05) is 25.2 Å². The number of thiocarbonyl (C=S) groups is 1. The summed E-state index contributed by atoms with van der Waals surface area (Å²) in [4.78, 5) is 15.8. The third-order valence-electron chi connectivity index (χ3n) is 2.19. The molecule has 0 spiro atoms. The van der Waals surface area contributed by atoms with Crippen molar-refractivity contribution >= 4 is 23.1 Å². The number of amides is 1. The van der Waals surface area contributed by atoms with Crippen molar-refractivity contribution in [3.8, 4) is 0 Å². The number of rotatable bonds is 5. The summed E-state index contributed by atoms with van der Waals surface area (Å²) in [5, 5.41) is 2.79. The van der Waals surface area contributed by atoms with Crippen LogP contribution in [-0.4, -0.2) is 15.9 Å². The number of nitrogens with zero attached hydrogens (tertiary/aromatic N) is 1. The van der Waals surface area contributed by atoms with Gasteiger partial charge in [-0.25, -0.2) is 0 Å². The number of hydrogen-bond donors (Lipinski definition) is 2. The van der Waals surface area contributed by atoms with Crippen molar-refractivity contribution in [1.29, 1.82) is 0 Å². The normalized spacial score (nSPS) is 11.8. The highest BCUT2D eigenvalue weighted by Gasteiger charge is 2.10. The molecule has 3 N–H and O–H groups in total. The zero-order chi connectivity index (χ0) is 12.0. The highest BCUT2D eigenvalue weighted by Crippen LogP contribution is 2.02. The number of carbonyl (C=O) groups excluding carboxylic acids is 1. The number of aromatic nitrogens is 1. The van der Waals surface area contributed by atoms with Gasteiger partial charge in [0.2, 0.25) is 5.91 Å². The van der Waals surface area contributed by atoms with Gasteiger partial charge in [-0.15, -0.1) is 0 Å². The van der Waals surface area contributed by atoms with Gasteiger partial charge in [0.25, 0.3) is 0 Å². The summed E-state index contributed by atoms with van der Waals surface area (Å²) in [7, 11) is 0. The first kappa shape index (κ1) is 12.6. The Balaban J connectivity index is 2.33. The summed E-state index contributed by atoms with van der Waals surface area (Å²) in [6.07, 6.45) is 3.74. The predicted octanol–water partition coefficient (Wildman–Crippen LogP) is 1.01. The minimum Gasteiger partial charge on any atom is -0.393 e. The molecule has 1 rings (SSSR count). The van der Waals surface area contributed by atoms with Crippen molar-refractivity contribution in [3.05, 3.63) is 30.1 Å². The van der Waals surface area contributed by atoms with E-state index in [0.29, 0.717) is 18.0 Å². The molecular formula is C11H15N3OS. The number of nitrogens with one attached hydrogen (secondary N) is 1. The number of nitrogens with two attached hydrogens (primary N) is 1. The van der Waals surface area contributed by atoms with E-state index in [1.165, 1.54) is 0 Å². The van der Waals surface area contributed by atoms with Gasteiger partial charge in [-0.3, -0.25) is 9.78 Å². The summed E-state index contributed by atoms with van der Waals surface area (Å²) in [6, 6.07) is 3.74. The first-order valence-electron chi connectivity index (χ1n) is 5.04. The molecule has 0 radical (unpaired) electrons. The minimum atomic E-state index is -0.0658. The van der Waals surface area contributed by atoms with Gasteiger partial charge in [-0.05, 0) is 11.6 Å². The van der Waals surface area contributed by atoms with Crippen LogP contribution in [-0.2, 0) is 11.3 Å². The summed E-state index contributed by atoms with van der Waals surface area (Å²) in [6.45, 7) is 2.32. The van der Waals surface area contributed by atoms with E-state index < -0.39 is 0 Å². The summed E-state index contributed by atoms with van der Waals surface area (Å²) < 4.78 is 0. The standard InChI is InChI=1S/C11H15N3OS/c1-8(11(12)16)5-10(15)14-7-9-3-2-4-13-6-9/h2-4,6,8H,5,7H2,1H3,(H2,12,16)(H,14,15). The second-order valence-corrected chi connectivity index (χ2v) is 4.12. The summed E-state index contributed by atoms with van der Waals surface area (Å²) in [5.41, 5.74) is 6.40. The highest BCUT2D eigenvalue weighted by molar-refractivity contribution is 7.80. The number of pyridine rings is 1. The zero-order valence-corrected chi connectivity index (χ0v) is 9.96. The number of hydrogen-bond acceptors (Lipinski definition) is 3. The maximum Gasteiger partial charge on any atom is 0.220 e. The van der Waals surface area contributed by atoms with Crippen LogP contribution < -0.4 is 11.1 Å². The van der Waals surface area contributed by atoms with E-state index in [2.05, 4.69) is 10.3 Å². The predicted molar refractivity (Wildman–Crippen MR) is 66.7 cm³/mol. The smallest absolute Gasteiger partial charge is 0.220 e. The van der Waals surface area contributed by atoms with Crippen LogP contribution in [0.2, 0.25) is 0 Å². The highest BCUT2D eigenvalue weighted by atomic mass is 32.1. The molecule has 0 aliphatic heterocycles. The monoisotopic (exact) mass is 237 g/mol. The molecule has 1 unspecified atom stereocenters. The molecule has 0 fully saturated rings. The molecule has 1 aromatic rings.